The number of carbonyl (C=O) groups excluding carboxylic acids is 4. The van der Waals surface area contributed by atoms with Gasteiger partial charge in [0.25, 0.3) is 0 Å². The summed E-state index contributed by atoms with van der Waals surface area (Å²) in [5, 5.41) is 4.47. The van der Waals surface area contributed by atoms with E-state index in [4.69, 9.17) is 47.6 Å². The largest absolute Gasteiger partial charge is 0.452 e. The van der Waals surface area contributed by atoms with E-state index in [9.17, 15) is 27.6 Å². The number of hydrogen-bond donors (Lipinski definition) is 2. The Kier molecular flexibility index (Phi) is 11.5. The van der Waals surface area contributed by atoms with Crippen LogP contribution in [0.5, 0.6) is 5.88 Å². The number of benzene rings is 1. The number of carbonyl (C=O) groups is 4. The van der Waals surface area contributed by atoms with E-state index in [1.165, 1.54) is 22.5 Å². The summed E-state index contributed by atoms with van der Waals surface area (Å²) < 4.78 is 40.2. The lowest BCUT2D eigenvalue weighted by atomic mass is 9.99. The van der Waals surface area contributed by atoms with Crippen LogP contribution in [0.25, 0.3) is 21.6 Å². The molecule has 2 fully saturated rings. The summed E-state index contributed by atoms with van der Waals surface area (Å²) in [6, 6.07) is 4.87. The van der Waals surface area contributed by atoms with Crippen LogP contribution in [0.3, 0.4) is 0 Å². The van der Waals surface area contributed by atoms with Gasteiger partial charge in [-0.1, -0.05) is 35.7 Å². The Morgan fingerprint density at radius 3 is 2.41 bits per heavy atom. The van der Waals surface area contributed by atoms with E-state index in [1.807, 2.05) is 17.5 Å². The van der Waals surface area contributed by atoms with Crippen molar-refractivity contribution in [3.05, 3.63) is 51.0 Å². The van der Waals surface area contributed by atoms with Gasteiger partial charge in [0.05, 0.1) is 49.2 Å². The zero-order valence-corrected chi connectivity index (χ0v) is 34.2. The van der Waals surface area contributed by atoms with Crippen molar-refractivity contribution in [3.8, 4) is 16.5 Å². The van der Waals surface area contributed by atoms with Crippen molar-refractivity contribution in [3.63, 3.8) is 0 Å². The number of nitrogens with one attached hydrogen (secondary N) is 2. The Bertz CT molecular complexity index is 2240. The Morgan fingerprint density at radius 2 is 1.73 bits per heavy atom. The number of Topliss-reactive ketones (excluding diaryl/α,β-unsaturated/α-hetero) is 1. The molecule has 0 radical (unpaired) electrons. The number of ether oxygens (including phenoxy) is 2. The smallest absolute Gasteiger partial charge is 0.408 e. The molecule has 0 bridgehead atoms. The van der Waals surface area contributed by atoms with Gasteiger partial charge in [0.2, 0.25) is 27.7 Å². The zero-order chi connectivity index (χ0) is 39.9. The van der Waals surface area contributed by atoms with Crippen LogP contribution in [-0.2, 0) is 29.1 Å². The lowest BCUT2D eigenvalue weighted by Gasteiger charge is -2.33. The van der Waals surface area contributed by atoms with Crippen LogP contribution >= 0.6 is 34.5 Å². The third kappa shape index (κ3) is 9.35. The predicted octanol–water partition coefficient (Wildman–Crippen LogP) is 6.74. The van der Waals surface area contributed by atoms with Crippen LogP contribution in [0.2, 0.25) is 10.0 Å². The number of nitrogens with zero attached hydrogens (tertiary/aromatic N) is 4. The van der Waals surface area contributed by atoms with Crippen LogP contribution in [0.15, 0.2) is 45.9 Å². The molecule has 2 N–H and O–H groups in total. The molecule has 4 heterocycles. The first-order valence-electron chi connectivity index (χ1n) is 18.6. The van der Waals surface area contributed by atoms with E-state index in [-0.39, 0.29) is 41.0 Å². The Balaban J connectivity index is 1.29. The number of fused-ring (bicyclic) bond motifs is 2. The third-order valence-corrected chi connectivity index (χ3v) is 13.4. The fourth-order valence-corrected chi connectivity index (χ4v) is 9.26. The molecular formula is C38H42Cl2N6O8S2. The van der Waals surface area contributed by atoms with E-state index < -0.39 is 63.0 Å². The van der Waals surface area contributed by atoms with Crippen LogP contribution in [0, 0.1) is 5.92 Å². The predicted molar refractivity (Wildman–Crippen MR) is 212 cm³/mol. The number of thiophene rings is 1. The molecule has 1 saturated heterocycles. The molecule has 7 rings (SSSR count). The molecule has 0 unspecified atom stereocenters. The van der Waals surface area contributed by atoms with Gasteiger partial charge in [0.1, 0.15) is 11.3 Å². The molecule has 1 aromatic carbocycles. The average molecular weight is 846 g/mol. The van der Waals surface area contributed by atoms with Crippen LogP contribution in [0.4, 0.5) is 4.79 Å². The second-order valence-corrected chi connectivity index (χ2v) is 19.2. The highest BCUT2D eigenvalue weighted by atomic mass is 35.5. The van der Waals surface area contributed by atoms with Crippen LogP contribution < -0.4 is 14.8 Å². The zero-order valence-electron chi connectivity index (χ0n) is 31.0. The standard InChI is InChI=1S/C38H42Cl2N6O8S2/c1-38(2,3)54-37(50)44-25-8-5-4-7-20-15-26(20)41-19-29-22(35(49)45-56(51,52)21-10-11-21)16-32(48)46(29)33(13-12-30(25)47)53-36-34(31-9-6-14-55-31)42-27-17-23(39)24(40)18-28(27)43-36/h6,9,14,17-19,21-22,25,29,33H,4-5,7-8,10-13,15-16H2,1-3H3,(H,44,50)(H,45,49)/b41-19-/t22-,25-,29+,33+/m0/s1. The maximum absolute atomic E-state index is 14.2. The lowest BCUT2D eigenvalue weighted by molar-refractivity contribution is -0.137. The molecule has 3 aromatic rings. The maximum atomic E-state index is 14.2. The molecule has 298 valence electrons. The lowest BCUT2D eigenvalue weighted by Crippen LogP contribution is -2.50. The Hall–Kier alpha value is -4.12. The van der Waals surface area contributed by atoms with Gasteiger partial charge in [0.15, 0.2) is 12.0 Å². The molecule has 1 saturated carbocycles. The molecule has 4 atom stereocenters. The molecule has 56 heavy (non-hydrogen) atoms. The van der Waals surface area contributed by atoms with Gasteiger partial charge in [-0.2, -0.15) is 0 Å². The Morgan fingerprint density at radius 1 is 1.00 bits per heavy atom. The number of alkyl carbamates (subject to hydrolysis) is 1. The summed E-state index contributed by atoms with van der Waals surface area (Å²) in [6.45, 7) is 5.20. The van der Waals surface area contributed by atoms with Gasteiger partial charge >= 0.3 is 6.09 Å². The Labute approximate surface area is 338 Å². The van der Waals surface area contributed by atoms with E-state index in [0.717, 1.165) is 24.1 Å². The number of ketones is 1. The van der Waals surface area contributed by atoms with Gasteiger partial charge in [0, 0.05) is 37.6 Å². The van der Waals surface area contributed by atoms with Crippen molar-refractivity contribution in [2.24, 2.45) is 10.9 Å². The first kappa shape index (κ1) is 40.1. The number of rotatable bonds is 7. The van der Waals surface area contributed by atoms with Crippen molar-refractivity contribution in [2.45, 2.75) is 114 Å². The van der Waals surface area contributed by atoms with Gasteiger partial charge in [-0.15, -0.1) is 11.3 Å². The van der Waals surface area contributed by atoms with Gasteiger partial charge in [-0.25, -0.2) is 23.2 Å². The highest BCUT2D eigenvalue weighted by Crippen LogP contribution is 2.39. The number of aromatic nitrogens is 2. The second kappa shape index (κ2) is 16.0. The van der Waals surface area contributed by atoms with Crippen LogP contribution in [0.1, 0.15) is 85.0 Å². The first-order valence-corrected chi connectivity index (χ1v) is 21.8. The number of hydrogen-bond acceptors (Lipinski definition) is 12. The average Bonchev–Trinajstić information content (AvgIpc) is 4.02. The van der Waals surface area contributed by atoms with Crippen molar-refractivity contribution in [2.75, 3.05) is 0 Å². The van der Waals surface area contributed by atoms with Gasteiger partial charge in [-0.05, 0) is 82.0 Å². The van der Waals surface area contributed by atoms with E-state index in [0.29, 0.717) is 53.7 Å². The molecular weight excluding hydrogens is 803 g/mol. The minimum atomic E-state index is -3.93. The number of sulfonamides is 1. The summed E-state index contributed by atoms with van der Waals surface area (Å²) >= 11 is 14.1. The summed E-state index contributed by atoms with van der Waals surface area (Å²) in [7, 11) is -3.93. The van der Waals surface area contributed by atoms with E-state index in [1.54, 1.807) is 32.9 Å². The number of halogens is 2. The van der Waals surface area contributed by atoms with Gasteiger partial charge < -0.3 is 14.8 Å². The highest BCUT2D eigenvalue weighted by molar-refractivity contribution is 7.90. The molecule has 3 amide bonds. The fourth-order valence-electron chi connectivity index (χ4n) is 6.89. The number of amides is 3. The maximum Gasteiger partial charge on any atom is 0.408 e. The van der Waals surface area contributed by atoms with Crippen molar-refractivity contribution in [1.82, 2.24) is 24.9 Å². The minimum absolute atomic E-state index is 0.0250. The SMILES string of the molecule is CC(C)(C)OC(=O)N[C@H]1CCCCC2=C(C2)/N=C\[C@@H]2[C@@H](C(=O)NS(=O)(=O)C3CC3)CC(=O)N2[C@H](Oc2nc3cc(Cl)c(Cl)cc3nc2-c2cccs2)CCC1=O. The fraction of sp³-hybridized carbons (Fsp3) is 0.500. The summed E-state index contributed by atoms with van der Waals surface area (Å²) in [6.07, 6.45) is 3.00. The normalized spacial score (nSPS) is 24.1. The molecule has 2 aromatic heterocycles. The monoisotopic (exact) mass is 844 g/mol. The third-order valence-electron chi connectivity index (χ3n) is 9.93. The number of allylic oxidation sites excluding steroid dienone is 2. The van der Waals surface area contributed by atoms with Crippen molar-refractivity contribution < 1.29 is 37.1 Å². The van der Waals surface area contributed by atoms with E-state index in [2.05, 4.69) is 10.0 Å². The molecule has 18 heteroatoms. The second-order valence-electron chi connectivity index (χ2n) is 15.4. The summed E-state index contributed by atoms with van der Waals surface area (Å²) in [5.74, 6) is -2.75. The molecule has 4 aliphatic rings. The van der Waals surface area contributed by atoms with E-state index >= 15 is 0 Å². The minimum Gasteiger partial charge on any atom is -0.452 e. The quantitative estimate of drug-likeness (QED) is 0.258. The molecule has 14 nitrogen and oxygen atoms in total. The van der Waals surface area contributed by atoms with Crippen molar-refractivity contribution in [1.29, 1.82) is 0 Å². The highest BCUT2D eigenvalue weighted by Gasteiger charge is 2.49. The molecule has 2 aliphatic heterocycles. The first-order chi connectivity index (χ1) is 26.6. The molecule has 0 spiro atoms. The van der Waals surface area contributed by atoms with Crippen LogP contribution in [-0.4, -0.2) is 82.4 Å². The molecule has 2 aliphatic carbocycles. The van der Waals surface area contributed by atoms with Crippen molar-refractivity contribution >= 4 is 85.5 Å². The van der Waals surface area contributed by atoms with Gasteiger partial charge in [-0.3, -0.25) is 29.0 Å². The number of aliphatic imine (C=N–C) groups is 1. The summed E-state index contributed by atoms with van der Waals surface area (Å²) in [5.41, 5.74) is 2.26. The topological polar surface area (TPSA) is 186 Å². The summed E-state index contributed by atoms with van der Waals surface area (Å²) in [4.78, 5) is 71.2.